The zero-order valence-electron chi connectivity index (χ0n) is 16.8. The van der Waals surface area contributed by atoms with Crippen molar-refractivity contribution in [2.45, 2.75) is 39.0 Å². The molecule has 29 heavy (non-hydrogen) atoms. The molecule has 0 saturated heterocycles. The van der Waals surface area contributed by atoms with Gasteiger partial charge in [0.05, 0.1) is 0 Å². The highest BCUT2D eigenvalue weighted by molar-refractivity contribution is 5.96. The Morgan fingerprint density at radius 1 is 1.14 bits per heavy atom. The highest BCUT2D eigenvalue weighted by Crippen LogP contribution is 2.30. The molecule has 1 saturated carbocycles. The van der Waals surface area contributed by atoms with Gasteiger partial charge in [0, 0.05) is 24.9 Å². The molecule has 6 heteroatoms. The van der Waals surface area contributed by atoms with Crippen LogP contribution in [0.2, 0.25) is 0 Å². The zero-order valence-corrected chi connectivity index (χ0v) is 16.8. The monoisotopic (exact) mass is 396 g/mol. The van der Waals surface area contributed by atoms with Crippen LogP contribution < -0.4 is 10.1 Å². The van der Waals surface area contributed by atoms with Crippen LogP contribution in [0.3, 0.4) is 0 Å². The number of benzene rings is 1. The van der Waals surface area contributed by atoms with Gasteiger partial charge in [0.1, 0.15) is 11.3 Å². The van der Waals surface area contributed by atoms with Crippen LogP contribution in [0.15, 0.2) is 42.6 Å². The average Bonchev–Trinajstić information content (AvgIpc) is 2.74. The van der Waals surface area contributed by atoms with Crippen LogP contribution in [-0.4, -0.2) is 34.9 Å². The number of nitrogens with zero attached hydrogens (tertiary/aromatic N) is 1. The molecule has 0 spiro atoms. The summed E-state index contributed by atoms with van der Waals surface area (Å²) >= 11 is 0. The van der Waals surface area contributed by atoms with Crippen molar-refractivity contribution in [3.8, 4) is 11.6 Å². The first kappa shape index (κ1) is 21.0. The van der Waals surface area contributed by atoms with Crippen molar-refractivity contribution in [3.63, 3.8) is 0 Å². The van der Waals surface area contributed by atoms with Crippen molar-refractivity contribution < 1.29 is 19.4 Å². The zero-order chi connectivity index (χ0) is 20.6. The summed E-state index contributed by atoms with van der Waals surface area (Å²) in [5, 5.41) is 12.1. The van der Waals surface area contributed by atoms with Gasteiger partial charge in [-0.1, -0.05) is 25.0 Å². The van der Waals surface area contributed by atoms with E-state index in [-0.39, 0.29) is 24.2 Å². The Labute approximate surface area is 171 Å². The Hall–Kier alpha value is -2.73. The minimum absolute atomic E-state index is 0.0526. The van der Waals surface area contributed by atoms with E-state index in [0.717, 1.165) is 32.1 Å². The van der Waals surface area contributed by atoms with Crippen LogP contribution >= 0.6 is 0 Å². The fourth-order valence-electron chi connectivity index (χ4n) is 3.77. The lowest BCUT2D eigenvalue weighted by atomic mass is 9.80. The van der Waals surface area contributed by atoms with Gasteiger partial charge in [-0.2, -0.15) is 0 Å². The molecule has 0 atom stereocenters. The lowest BCUT2D eigenvalue weighted by Gasteiger charge is -2.28. The molecule has 0 unspecified atom stereocenters. The number of hydrogen-bond acceptors (Lipinski definition) is 5. The van der Waals surface area contributed by atoms with Crippen molar-refractivity contribution in [1.82, 2.24) is 10.3 Å². The maximum atomic E-state index is 12.7. The molecule has 6 nitrogen and oxygen atoms in total. The van der Waals surface area contributed by atoms with Crippen LogP contribution in [0.25, 0.3) is 0 Å². The number of hydrogen-bond donors (Lipinski definition) is 2. The number of carbonyl (C=O) groups excluding carboxylic acids is 2. The van der Waals surface area contributed by atoms with E-state index in [4.69, 9.17) is 9.84 Å². The van der Waals surface area contributed by atoms with Gasteiger partial charge >= 0.3 is 0 Å². The molecule has 3 rings (SSSR count). The molecular weight excluding hydrogens is 368 g/mol. The van der Waals surface area contributed by atoms with Gasteiger partial charge in [-0.15, -0.1) is 0 Å². The third kappa shape index (κ3) is 5.87. The van der Waals surface area contributed by atoms with Crippen LogP contribution in [0.5, 0.6) is 11.6 Å². The molecule has 1 aromatic heterocycles. The molecule has 2 N–H and O–H groups in total. The van der Waals surface area contributed by atoms with Gasteiger partial charge < -0.3 is 15.2 Å². The predicted octanol–water partition coefficient (Wildman–Crippen LogP) is 4.00. The maximum Gasteiger partial charge on any atom is 0.256 e. The molecule has 0 aliphatic heterocycles. The third-order valence-electron chi connectivity index (χ3n) is 5.53. The second-order valence-electron chi connectivity index (χ2n) is 7.65. The Morgan fingerprint density at radius 2 is 1.90 bits per heavy atom. The first-order valence-electron chi connectivity index (χ1n) is 10.2. The summed E-state index contributed by atoms with van der Waals surface area (Å²) in [5.74, 6) is 1.49. The number of ketones is 1. The lowest BCUT2D eigenvalue weighted by Crippen LogP contribution is -2.31. The van der Waals surface area contributed by atoms with Gasteiger partial charge in [-0.3, -0.25) is 9.59 Å². The summed E-state index contributed by atoms with van der Waals surface area (Å²) in [7, 11) is 0. The van der Waals surface area contributed by atoms with Gasteiger partial charge in [-0.05, 0) is 62.3 Å². The Kier molecular flexibility index (Phi) is 7.36. The summed E-state index contributed by atoms with van der Waals surface area (Å²) in [6, 6.07) is 10.2. The predicted molar refractivity (Wildman–Crippen MR) is 110 cm³/mol. The minimum atomic E-state index is -0.215. The van der Waals surface area contributed by atoms with E-state index >= 15 is 0 Å². The van der Waals surface area contributed by atoms with E-state index < -0.39 is 0 Å². The number of nitrogens with one attached hydrogen (secondary N) is 1. The van der Waals surface area contributed by atoms with Crippen molar-refractivity contribution in [2.75, 3.05) is 13.2 Å². The van der Waals surface area contributed by atoms with Gasteiger partial charge in [-0.25, -0.2) is 4.98 Å². The summed E-state index contributed by atoms with van der Waals surface area (Å²) in [5.41, 5.74) is 0.913. The molecule has 1 heterocycles. The molecule has 1 amide bonds. The molecular formula is C23H28N2O4. The first-order valence-corrected chi connectivity index (χ1v) is 10.2. The third-order valence-corrected chi connectivity index (χ3v) is 5.53. The van der Waals surface area contributed by atoms with Crippen molar-refractivity contribution in [1.29, 1.82) is 0 Å². The smallest absolute Gasteiger partial charge is 0.256 e. The van der Waals surface area contributed by atoms with Gasteiger partial charge in [0.2, 0.25) is 5.88 Å². The summed E-state index contributed by atoms with van der Waals surface area (Å²) in [4.78, 5) is 28.5. The van der Waals surface area contributed by atoms with Crippen molar-refractivity contribution in [3.05, 3.63) is 53.7 Å². The topological polar surface area (TPSA) is 88.5 Å². The highest BCUT2D eigenvalue weighted by atomic mass is 16.5. The van der Waals surface area contributed by atoms with E-state index in [1.165, 1.54) is 6.92 Å². The van der Waals surface area contributed by atoms with Gasteiger partial charge in [0.25, 0.3) is 5.91 Å². The lowest BCUT2D eigenvalue weighted by molar-refractivity contribution is 0.0936. The van der Waals surface area contributed by atoms with E-state index in [9.17, 15) is 9.59 Å². The summed E-state index contributed by atoms with van der Waals surface area (Å²) in [6.07, 6.45) is 6.80. The van der Waals surface area contributed by atoms with Crippen LogP contribution in [0.4, 0.5) is 0 Å². The first-order chi connectivity index (χ1) is 14.1. The molecule has 1 aliphatic rings. The van der Waals surface area contributed by atoms with E-state index in [2.05, 4.69) is 10.3 Å². The highest BCUT2D eigenvalue weighted by Gasteiger charge is 2.22. The molecule has 0 radical (unpaired) electrons. The Bertz CT molecular complexity index is 844. The Balaban J connectivity index is 1.60. The van der Waals surface area contributed by atoms with Crippen molar-refractivity contribution >= 4 is 11.7 Å². The number of pyridine rings is 1. The number of rotatable bonds is 8. The van der Waals surface area contributed by atoms with Gasteiger partial charge in [0.15, 0.2) is 5.78 Å². The largest absolute Gasteiger partial charge is 0.438 e. The normalized spacial score (nSPS) is 18.8. The molecule has 1 fully saturated rings. The number of aliphatic hydroxyl groups is 1. The fourth-order valence-corrected chi connectivity index (χ4v) is 3.77. The average molecular weight is 396 g/mol. The Morgan fingerprint density at radius 3 is 2.62 bits per heavy atom. The van der Waals surface area contributed by atoms with E-state index in [0.29, 0.717) is 35.3 Å². The number of carbonyl (C=O) groups is 2. The van der Waals surface area contributed by atoms with E-state index in [1.54, 1.807) is 42.6 Å². The second-order valence-corrected chi connectivity index (χ2v) is 7.65. The number of amides is 1. The second kappa shape index (κ2) is 10.2. The fraction of sp³-hybridized carbons (Fsp3) is 0.435. The number of aromatic nitrogens is 1. The molecule has 0 bridgehead atoms. The molecule has 2 aromatic rings. The minimum Gasteiger partial charge on any atom is -0.438 e. The molecule has 1 aromatic carbocycles. The molecule has 1 aliphatic carbocycles. The number of ether oxygens (including phenoxy) is 1. The van der Waals surface area contributed by atoms with Crippen LogP contribution in [0.1, 0.15) is 59.7 Å². The number of Topliss-reactive ketones (excluding diaryl/α,β-unsaturated/α-hetero) is 1. The SMILES string of the molecule is CC(=O)c1cccc(Oc2ncccc2C(=O)NCC2CCC(CCO)CC2)c1. The van der Waals surface area contributed by atoms with Crippen LogP contribution in [-0.2, 0) is 0 Å². The quantitative estimate of drug-likeness (QED) is 0.659. The van der Waals surface area contributed by atoms with E-state index in [1.807, 2.05) is 0 Å². The maximum absolute atomic E-state index is 12.7. The van der Waals surface area contributed by atoms with Crippen LogP contribution in [0, 0.1) is 11.8 Å². The summed E-state index contributed by atoms with van der Waals surface area (Å²) < 4.78 is 5.81. The summed E-state index contributed by atoms with van der Waals surface area (Å²) in [6.45, 7) is 2.38. The molecule has 154 valence electrons. The standard InChI is InChI=1S/C23H28N2O4/c1-16(27)19-4-2-5-20(14-19)29-23-21(6-3-12-24-23)22(28)25-15-18-9-7-17(8-10-18)11-13-26/h2-6,12,14,17-18,26H,7-11,13,15H2,1H3,(H,25,28). The van der Waals surface area contributed by atoms with Crippen molar-refractivity contribution in [2.24, 2.45) is 11.8 Å². The number of aliphatic hydroxyl groups excluding tert-OH is 1.